The molecular formula is C18H15F3N2O. The fourth-order valence-corrected chi connectivity index (χ4v) is 2.40. The first-order valence-electron chi connectivity index (χ1n) is 7.34. The van der Waals surface area contributed by atoms with Gasteiger partial charge in [-0.3, -0.25) is 4.99 Å². The molecule has 2 aromatic rings. The average Bonchev–Trinajstić information content (AvgIpc) is 2.57. The SMILES string of the molecule is CC1=C(c2ccccc2)C=NCN1Oc1cccc(C(F)(F)F)c1. The maximum atomic E-state index is 12.8. The second-order valence-corrected chi connectivity index (χ2v) is 5.31. The van der Waals surface area contributed by atoms with Crippen LogP contribution in [0.3, 0.4) is 0 Å². The lowest BCUT2D eigenvalue weighted by Gasteiger charge is -2.27. The van der Waals surface area contributed by atoms with Gasteiger partial charge in [-0.05, 0) is 30.7 Å². The van der Waals surface area contributed by atoms with Crippen molar-refractivity contribution in [1.82, 2.24) is 5.06 Å². The first-order valence-corrected chi connectivity index (χ1v) is 7.34. The van der Waals surface area contributed by atoms with E-state index in [4.69, 9.17) is 4.84 Å². The lowest BCUT2D eigenvalue weighted by atomic mass is 10.0. The molecule has 0 amide bonds. The first-order chi connectivity index (χ1) is 11.4. The third kappa shape index (κ3) is 3.42. The Kier molecular flexibility index (Phi) is 4.29. The number of hydroxylamine groups is 2. The van der Waals surface area contributed by atoms with Gasteiger partial charge in [-0.25, -0.2) is 0 Å². The molecule has 24 heavy (non-hydrogen) atoms. The number of hydrogen-bond donors (Lipinski definition) is 0. The van der Waals surface area contributed by atoms with Gasteiger partial charge in [0, 0.05) is 11.8 Å². The standard InChI is InChI=1S/C18H15F3N2O/c1-13-17(14-6-3-2-4-7-14)11-22-12-23(13)24-16-9-5-8-15(10-16)18(19,20)21/h2-11H,12H2,1H3. The zero-order valence-corrected chi connectivity index (χ0v) is 12.9. The molecule has 0 unspecified atom stereocenters. The maximum Gasteiger partial charge on any atom is 0.416 e. The molecule has 1 aliphatic rings. The van der Waals surface area contributed by atoms with Crippen LogP contribution in [0.25, 0.3) is 5.57 Å². The second-order valence-electron chi connectivity index (χ2n) is 5.31. The number of halogens is 3. The highest BCUT2D eigenvalue weighted by molar-refractivity contribution is 6.11. The van der Waals surface area contributed by atoms with E-state index < -0.39 is 11.7 Å². The van der Waals surface area contributed by atoms with Crippen LogP contribution in [0.15, 0.2) is 65.3 Å². The van der Waals surface area contributed by atoms with Gasteiger partial charge in [-0.1, -0.05) is 36.4 Å². The topological polar surface area (TPSA) is 24.8 Å². The molecule has 0 radical (unpaired) electrons. The van der Waals surface area contributed by atoms with E-state index >= 15 is 0 Å². The number of hydrogen-bond acceptors (Lipinski definition) is 3. The molecule has 0 fully saturated rings. The van der Waals surface area contributed by atoms with E-state index in [1.54, 1.807) is 6.21 Å². The molecule has 0 saturated carbocycles. The van der Waals surface area contributed by atoms with Gasteiger partial charge >= 0.3 is 6.18 Å². The van der Waals surface area contributed by atoms with Crippen LogP contribution in [-0.4, -0.2) is 17.9 Å². The van der Waals surface area contributed by atoms with Crippen LogP contribution in [0.5, 0.6) is 5.75 Å². The Labute approximate surface area is 137 Å². The summed E-state index contributed by atoms with van der Waals surface area (Å²) in [7, 11) is 0. The maximum absolute atomic E-state index is 12.8. The van der Waals surface area contributed by atoms with Gasteiger partial charge in [0.15, 0.2) is 5.75 Å². The normalized spacial score (nSPS) is 14.9. The zero-order chi connectivity index (χ0) is 17.2. The minimum atomic E-state index is -4.40. The smallest absolute Gasteiger partial charge is 0.378 e. The van der Waals surface area contributed by atoms with Crippen molar-refractivity contribution in [3.8, 4) is 5.75 Å². The molecule has 124 valence electrons. The van der Waals surface area contributed by atoms with E-state index in [9.17, 15) is 13.2 Å². The Morgan fingerprint density at radius 2 is 1.79 bits per heavy atom. The van der Waals surface area contributed by atoms with Crippen molar-refractivity contribution >= 4 is 11.8 Å². The van der Waals surface area contributed by atoms with Crippen LogP contribution >= 0.6 is 0 Å². The first kappa shape index (κ1) is 16.1. The summed E-state index contributed by atoms with van der Waals surface area (Å²) in [6, 6.07) is 14.4. The molecule has 0 bridgehead atoms. The summed E-state index contributed by atoms with van der Waals surface area (Å²) in [6.45, 7) is 2.07. The van der Waals surface area contributed by atoms with Crippen molar-refractivity contribution in [2.45, 2.75) is 13.1 Å². The number of benzene rings is 2. The summed E-state index contributed by atoms with van der Waals surface area (Å²) in [5.41, 5.74) is 1.88. The molecule has 3 nitrogen and oxygen atoms in total. The second kappa shape index (κ2) is 6.39. The fourth-order valence-electron chi connectivity index (χ4n) is 2.40. The van der Waals surface area contributed by atoms with Crippen molar-refractivity contribution in [3.05, 3.63) is 71.4 Å². The highest BCUT2D eigenvalue weighted by atomic mass is 19.4. The third-order valence-electron chi connectivity index (χ3n) is 3.66. The Morgan fingerprint density at radius 1 is 1.04 bits per heavy atom. The predicted molar refractivity (Wildman–Crippen MR) is 86.3 cm³/mol. The molecule has 3 rings (SSSR count). The van der Waals surface area contributed by atoms with Gasteiger partial charge in [-0.2, -0.15) is 18.2 Å². The Morgan fingerprint density at radius 3 is 2.50 bits per heavy atom. The third-order valence-corrected chi connectivity index (χ3v) is 3.66. The van der Waals surface area contributed by atoms with E-state index in [0.29, 0.717) is 0 Å². The zero-order valence-electron chi connectivity index (χ0n) is 12.9. The lowest BCUT2D eigenvalue weighted by molar-refractivity contribution is -0.138. The van der Waals surface area contributed by atoms with E-state index in [1.807, 2.05) is 37.3 Å². The number of aliphatic imine (C=N–C) groups is 1. The molecule has 1 aliphatic heterocycles. The molecular weight excluding hydrogens is 317 g/mol. The van der Waals surface area contributed by atoms with E-state index in [1.165, 1.54) is 17.2 Å². The van der Waals surface area contributed by atoms with Gasteiger partial charge in [0.05, 0.1) is 11.3 Å². The van der Waals surface area contributed by atoms with Crippen molar-refractivity contribution in [1.29, 1.82) is 0 Å². The number of rotatable bonds is 3. The van der Waals surface area contributed by atoms with Crippen LogP contribution in [0.2, 0.25) is 0 Å². The van der Waals surface area contributed by atoms with Crippen molar-refractivity contribution in [2.75, 3.05) is 6.67 Å². The average molecular weight is 332 g/mol. The predicted octanol–water partition coefficient (Wildman–Crippen LogP) is 4.77. The summed E-state index contributed by atoms with van der Waals surface area (Å²) < 4.78 is 38.4. The van der Waals surface area contributed by atoms with Crippen LogP contribution in [0.1, 0.15) is 18.1 Å². The minimum Gasteiger partial charge on any atom is -0.378 e. The van der Waals surface area contributed by atoms with Gasteiger partial charge in [0.25, 0.3) is 0 Å². The molecule has 1 heterocycles. The van der Waals surface area contributed by atoms with E-state index in [2.05, 4.69) is 4.99 Å². The van der Waals surface area contributed by atoms with E-state index in [0.717, 1.165) is 29.0 Å². The van der Waals surface area contributed by atoms with Gasteiger partial charge < -0.3 is 4.84 Å². The molecule has 0 spiro atoms. The quantitative estimate of drug-likeness (QED) is 0.808. The molecule has 2 aromatic carbocycles. The number of allylic oxidation sites excluding steroid dienone is 2. The molecule has 0 aliphatic carbocycles. The Balaban J connectivity index is 1.86. The monoisotopic (exact) mass is 332 g/mol. The van der Waals surface area contributed by atoms with Gasteiger partial charge in [-0.15, -0.1) is 0 Å². The molecule has 0 saturated heterocycles. The summed E-state index contributed by atoms with van der Waals surface area (Å²) in [5, 5.41) is 1.48. The minimum absolute atomic E-state index is 0.119. The molecule has 0 N–H and O–H groups in total. The largest absolute Gasteiger partial charge is 0.416 e. The lowest BCUT2D eigenvalue weighted by Crippen LogP contribution is -2.29. The fraction of sp³-hybridized carbons (Fsp3) is 0.167. The summed E-state index contributed by atoms with van der Waals surface area (Å²) in [4.78, 5) is 9.85. The molecule has 6 heteroatoms. The highest BCUT2D eigenvalue weighted by Gasteiger charge is 2.31. The van der Waals surface area contributed by atoms with E-state index in [-0.39, 0.29) is 12.4 Å². The molecule has 0 atom stereocenters. The summed E-state index contributed by atoms with van der Waals surface area (Å²) in [6.07, 6.45) is -2.66. The highest BCUT2D eigenvalue weighted by Crippen LogP contribution is 2.32. The van der Waals surface area contributed by atoms with Gasteiger partial charge in [0.2, 0.25) is 0 Å². The van der Waals surface area contributed by atoms with Crippen LogP contribution in [-0.2, 0) is 6.18 Å². The van der Waals surface area contributed by atoms with Crippen LogP contribution in [0.4, 0.5) is 13.2 Å². The van der Waals surface area contributed by atoms with Crippen molar-refractivity contribution in [2.24, 2.45) is 4.99 Å². The number of alkyl halides is 3. The Hall–Kier alpha value is -2.76. The van der Waals surface area contributed by atoms with Crippen LogP contribution in [0, 0.1) is 0 Å². The molecule has 0 aromatic heterocycles. The van der Waals surface area contributed by atoms with Gasteiger partial charge in [0.1, 0.15) is 6.67 Å². The van der Waals surface area contributed by atoms with Crippen LogP contribution < -0.4 is 4.84 Å². The summed E-state index contributed by atoms with van der Waals surface area (Å²) >= 11 is 0. The summed E-state index contributed by atoms with van der Waals surface area (Å²) in [5.74, 6) is 0.119. The number of nitrogens with zero attached hydrogens (tertiary/aromatic N) is 2. The Bertz CT molecular complexity index is 782. The van der Waals surface area contributed by atoms with Crippen molar-refractivity contribution < 1.29 is 18.0 Å². The van der Waals surface area contributed by atoms with Crippen molar-refractivity contribution in [3.63, 3.8) is 0 Å².